The van der Waals surface area contributed by atoms with Crippen molar-refractivity contribution in [1.82, 2.24) is 30.0 Å². The molecule has 1 amide bonds. The largest absolute Gasteiger partial charge is 0.444 e. The van der Waals surface area contributed by atoms with Crippen LogP contribution in [0, 0.1) is 0 Å². The van der Waals surface area contributed by atoms with Crippen molar-refractivity contribution in [2.75, 3.05) is 29.5 Å². The lowest BCUT2D eigenvalue weighted by Crippen LogP contribution is -2.50. The van der Waals surface area contributed by atoms with Crippen LogP contribution in [0.4, 0.5) is 22.1 Å². The molecule has 2 saturated heterocycles. The summed E-state index contributed by atoms with van der Waals surface area (Å²) < 4.78 is 13.6. The van der Waals surface area contributed by atoms with Gasteiger partial charge < -0.3 is 24.6 Å². The number of nitrogens with one attached hydrogen (secondary N) is 1. The second kappa shape index (κ2) is 10.8. The van der Waals surface area contributed by atoms with E-state index in [9.17, 15) is 4.79 Å². The van der Waals surface area contributed by atoms with Gasteiger partial charge in [-0.1, -0.05) is 0 Å². The zero-order valence-electron chi connectivity index (χ0n) is 24.0. The van der Waals surface area contributed by atoms with Crippen LogP contribution in [0.1, 0.15) is 78.1 Å². The Bertz CT molecular complexity index is 1360. The topological polar surface area (TPSA) is 111 Å². The number of amides is 1. The Kier molecular flexibility index (Phi) is 7.24. The second-order valence-corrected chi connectivity index (χ2v) is 12.1. The van der Waals surface area contributed by atoms with Crippen molar-refractivity contribution in [2.45, 2.75) is 96.6 Å². The summed E-state index contributed by atoms with van der Waals surface area (Å²) in [5.74, 6) is 1.63. The summed E-state index contributed by atoms with van der Waals surface area (Å²) >= 11 is 0. The minimum Gasteiger partial charge on any atom is -0.444 e. The van der Waals surface area contributed by atoms with E-state index in [-0.39, 0.29) is 24.4 Å². The van der Waals surface area contributed by atoms with Gasteiger partial charge in [-0.2, -0.15) is 0 Å². The molecule has 0 aliphatic carbocycles. The Hall–Kier alpha value is -3.47. The number of hydrogen-bond donors (Lipinski definition) is 1. The lowest BCUT2D eigenvalue weighted by Gasteiger charge is -2.38. The highest BCUT2D eigenvalue weighted by atomic mass is 16.6. The van der Waals surface area contributed by atoms with Gasteiger partial charge in [-0.05, 0) is 84.8 Å². The fourth-order valence-corrected chi connectivity index (χ4v) is 6.05. The molecule has 3 aliphatic heterocycles. The van der Waals surface area contributed by atoms with E-state index in [0.29, 0.717) is 0 Å². The monoisotopic (exact) mass is 548 g/mol. The summed E-state index contributed by atoms with van der Waals surface area (Å²) in [4.78, 5) is 31.6. The summed E-state index contributed by atoms with van der Waals surface area (Å²) in [5.41, 5.74) is 3.19. The molecule has 3 aromatic heterocycles. The second-order valence-electron chi connectivity index (χ2n) is 12.1. The highest BCUT2D eigenvalue weighted by molar-refractivity contribution is 5.88. The van der Waals surface area contributed by atoms with Gasteiger partial charge in [-0.15, -0.1) is 5.10 Å². The van der Waals surface area contributed by atoms with Gasteiger partial charge >= 0.3 is 6.09 Å². The Balaban J connectivity index is 1.29. The van der Waals surface area contributed by atoms with Crippen molar-refractivity contribution in [3.05, 3.63) is 30.2 Å². The number of anilines is 3. The van der Waals surface area contributed by atoms with Crippen LogP contribution in [-0.4, -0.2) is 68.2 Å². The van der Waals surface area contributed by atoms with Crippen molar-refractivity contribution in [1.29, 1.82) is 0 Å². The van der Waals surface area contributed by atoms with E-state index in [1.54, 1.807) is 0 Å². The molecule has 6 heterocycles. The summed E-state index contributed by atoms with van der Waals surface area (Å²) in [6.07, 6.45) is 9.83. The van der Waals surface area contributed by atoms with Crippen molar-refractivity contribution >= 4 is 34.6 Å². The fourth-order valence-electron chi connectivity index (χ4n) is 6.05. The quantitative estimate of drug-likeness (QED) is 0.487. The van der Waals surface area contributed by atoms with Crippen molar-refractivity contribution < 1.29 is 14.3 Å². The normalized spacial score (nSPS) is 23.6. The van der Waals surface area contributed by atoms with Gasteiger partial charge in [0, 0.05) is 38.0 Å². The van der Waals surface area contributed by atoms with Gasteiger partial charge in [0.1, 0.15) is 11.4 Å². The molecule has 3 aromatic rings. The zero-order valence-corrected chi connectivity index (χ0v) is 24.0. The summed E-state index contributed by atoms with van der Waals surface area (Å²) in [6, 6.07) is 4.32. The van der Waals surface area contributed by atoms with Gasteiger partial charge in [0.05, 0.1) is 17.6 Å². The average Bonchev–Trinajstić information content (AvgIpc) is 3.31. The van der Waals surface area contributed by atoms with Crippen molar-refractivity contribution in [3.8, 4) is 0 Å². The lowest BCUT2D eigenvalue weighted by atomic mass is 9.98. The van der Waals surface area contributed by atoms with E-state index in [0.717, 1.165) is 98.8 Å². The molecule has 11 nitrogen and oxygen atoms in total. The van der Waals surface area contributed by atoms with Crippen molar-refractivity contribution in [2.24, 2.45) is 0 Å². The number of piperidine rings is 1. The molecule has 0 spiro atoms. The first kappa shape index (κ1) is 26.7. The molecule has 11 heteroatoms. The maximum atomic E-state index is 12.3. The number of rotatable bonds is 4. The predicted molar refractivity (Wildman–Crippen MR) is 153 cm³/mol. The first-order valence-electron chi connectivity index (χ1n) is 14.6. The standard InChI is InChI=1S/C29H40N8O3/c1-19-17-20(32-28(38)40-29(2,3)4)12-15-35(19)23-18-31-25-26(33-23)37(24-11-5-6-16-39-24)34-27(25)36-14-8-9-21-22(36)10-7-13-30-21/h7,10,13,18-20,24H,5-6,8-9,11-12,14-17H2,1-4H3,(H,32,38). The third-order valence-electron chi connectivity index (χ3n) is 7.90. The van der Waals surface area contributed by atoms with E-state index >= 15 is 0 Å². The van der Waals surface area contributed by atoms with Gasteiger partial charge in [-0.3, -0.25) is 4.98 Å². The molecular formula is C29H40N8O3. The molecule has 0 bridgehead atoms. The van der Waals surface area contributed by atoms with Crippen LogP contribution in [0.15, 0.2) is 24.5 Å². The van der Waals surface area contributed by atoms with Gasteiger partial charge in [0.15, 0.2) is 23.2 Å². The lowest BCUT2D eigenvalue weighted by molar-refractivity contribution is -0.0368. The van der Waals surface area contributed by atoms with E-state index < -0.39 is 5.60 Å². The maximum Gasteiger partial charge on any atom is 0.407 e. The zero-order chi connectivity index (χ0) is 27.9. The number of fused-ring (bicyclic) bond motifs is 2. The number of alkyl carbamates (subject to hydrolysis) is 1. The number of aromatic nitrogens is 5. The number of nitrogens with zero attached hydrogens (tertiary/aromatic N) is 7. The van der Waals surface area contributed by atoms with Crippen molar-refractivity contribution in [3.63, 3.8) is 0 Å². The SMILES string of the molecule is CC1CC(NC(=O)OC(C)(C)C)CCN1c1cnc2c(N3CCCc4ncccc43)nn(C3CCCCO3)c2n1. The third-order valence-corrected chi connectivity index (χ3v) is 7.90. The molecular weight excluding hydrogens is 508 g/mol. The van der Waals surface area contributed by atoms with Gasteiger partial charge in [-0.25, -0.2) is 19.4 Å². The predicted octanol–water partition coefficient (Wildman–Crippen LogP) is 4.89. The van der Waals surface area contributed by atoms with E-state index in [2.05, 4.69) is 33.1 Å². The molecule has 0 radical (unpaired) electrons. The average molecular weight is 549 g/mol. The van der Waals surface area contributed by atoms with Crippen LogP contribution in [0.25, 0.3) is 11.2 Å². The van der Waals surface area contributed by atoms with Crippen LogP contribution >= 0.6 is 0 Å². The van der Waals surface area contributed by atoms with Crippen LogP contribution in [0.3, 0.4) is 0 Å². The van der Waals surface area contributed by atoms with E-state index in [4.69, 9.17) is 24.5 Å². The first-order valence-corrected chi connectivity index (χ1v) is 14.6. The minimum atomic E-state index is -0.516. The number of aryl methyl sites for hydroxylation is 1. The Labute approximate surface area is 235 Å². The molecule has 3 atom stereocenters. The molecule has 214 valence electrons. The van der Waals surface area contributed by atoms with Crippen LogP contribution in [-0.2, 0) is 15.9 Å². The Morgan fingerprint density at radius 1 is 1.15 bits per heavy atom. The van der Waals surface area contributed by atoms with Crippen LogP contribution in [0.2, 0.25) is 0 Å². The molecule has 1 N–H and O–H groups in total. The van der Waals surface area contributed by atoms with E-state index in [1.165, 1.54) is 0 Å². The Morgan fingerprint density at radius 3 is 2.80 bits per heavy atom. The first-order chi connectivity index (χ1) is 19.3. The number of pyridine rings is 1. The summed E-state index contributed by atoms with van der Waals surface area (Å²) in [7, 11) is 0. The number of ether oxygens (including phenoxy) is 2. The molecule has 6 rings (SSSR count). The molecule has 3 aliphatic rings. The number of carbonyl (C=O) groups is 1. The molecule has 0 aromatic carbocycles. The van der Waals surface area contributed by atoms with Gasteiger partial charge in [0.2, 0.25) is 0 Å². The highest BCUT2D eigenvalue weighted by Gasteiger charge is 2.32. The summed E-state index contributed by atoms with van der Waals surface area (Å²) in [6.45, 7) is 10.1. The molecule has 2 fully saturated rings. The minimum absolute atomic E-state index is 0.0540. The number of hydrogen-bond acceptors (Lipinski definition) is 9. The Morgan fingerprint density at radius 2 is 2.02 bits per heavy atom. The molecule has 3 unspecified atom stereocenters. The van der Waals surface area contributed by atoms with Gasteiger partial charge in [0.25, 0.3) is 0 Å². The smallest absolute Gasteiger partial charge is 0.407 e. The van der Waals surface area contributed by atoms with Crippen LogP contribution < -0.4 is 15.1 Å². The summed E-state index contributed by atoms with van der Waals surface area (Å²) in [5, 5.41) is 8.14. The number of carbonyl (C=O) groups excluding carboxylic acids is 1. The highest BCUT2D eigenvalue weighted by Crippen LogP contribution is 2.37. The fraction of sp³-hybridized carbons (Fsp3) is 0.621. The maximum absolute atomic E-state index is 12.3. The third kappa shape index (κ3) is 5.43. The van der Waals surface area contributed by atoms with E-state index in [1.807, 2.05) is 43.9 Å². The molecule has 0 saturated carbocycles. The molecule has 40 heavy (non-hydrogen) atoms. The van der Waals surface area contributed by atoms with Crippen LogP contribution in [0.5, 0.6) is 0 Å².